The van der Waals surface area contributed by atoms with E-state index in [2.05, 4.69) is 12.2 Å². The summed E-state index contributed by atoms with van der Waals surface area (Å²) in [7, 11) is -1.10. The summed E-state index contributed by atoms with van der Waals surface area (Å²) in [4.78, 5) is 18.9. The van der Waals surface area contributed by atoms with E-state index in [-0.39, 0.29) is 10.8 Å². The summed E-state index contributed by atoms with van der Waals surface area (Å²) in [6.07, 6.45) is 0.892. The molecule has 6 nitrogen and oxygen atoms in total. The number of amides is 1. The van der Waals surface area contributed by atoms with E-state index in [9.17, 15) is 13.2 Å². The number of hydrogen-bond acceptors (Lipinski definition) is 5. The van der Waals surface area contributed by atoms with Gasteiger partial charge in [0.25, 0.3) is 15.9 Å². The third-order valence-electron chi connectivity index (χ3n) is 3.57. The summed E-state index contributed by atoms with van der Waals surface area (Å²) < 4.78 is 25.0. The molecule has 0 bridgehead atoms. The molecular formula is C16H20N2O4S2. The van der Waals surface area contributed by atoms with Gasteiger partial charge in [-0.05, 0) is 49.2 Å². The maximum absolute atomic E-state index is 12.3. The Hall–Kier alpha value is -1.74. The Morgan fingerprint density at radius 1 is 1.29 bits per heavy atom. The Morgan fingerprint density at radius 3 is 2.42 bits per heavy atom. The number of sulfonamides is 1. The van der Waals surface area contributed by atoms with Crippen LogP contribution in [0.3, 0.4) is 0 Å². The number of nitrogens with one attached hydrogen (secondary N) is 1. The first-order valence-corrected chi connectivity index (χ1v) is 9.59. The van der Waals surface area contributed by atoms with Gasteiger partial charge in [0.1, 0.15) is 0 Å². The Labute approximate surface area is 146 Å². The molecule has 1 N–H and O–H groups in total. The molecule has 0 atom stereocenters. The fourth-order valence-electron chi connectivity index (χ4n) is 2.13. The molecule has 0 spiro atoms. The Bertz CT molecular complexity index is 826. The van der Waals surface area contributed by atoms with Crippen LogP contribution in [0.15, 0.2) is 35.2 Å². The lowest BCUT2D eigenvalue weighted by molar-refractivity contribution is -0.0258. The van der Waals surface area contributed by atoms with Crippen molar-refractivity contribution in [3.8, 4) is 0 Å². The zero-order chi connectivity index (χ0) is 17.9. The average Bonchev–Trinajstić information content (AvgIpc) is 2.95. The van der Waals surface area contributed by atoms with Gasteiger partial charge in [-0.3, -0.25) is 9.63 Å². The topological polar surface area (TPSA) is 75.7 Å². The minimum Gasteiger partial charge on any atom is -0.321 e. The highest BCUT2D eigenvalue weighted by atomic mass is 32.2. The predicted octanol–water partition coefficient (Wildman–Crippen LogP) is 3.05. The zero-order valence-corrected chi connectivity index (χ0v) is 15.6. The van der Waals surface area contributed by atoms with Crippen LogP contribution in [0.1, 0.15) is 27.0 Å². The van der Waals surface area contributed by atoms with Gasteiger partial charge < -0.3 is 5.32 Å². The number of thiophene rings is 1. The maximum atomic E-state index is 12.3. The lowest BCUT2D eigenvalue weighted by Crippen LogP contribution is -2.25. The smallest absolute Gasteiger partial charge is 0.265 e. The normalized spacial score (nSPS) is 11.7. The molecule has 0 aliphatic rings. The molecule has 0 aliphatic heterocycles. The van der Waals surface area contributed by atoms with E-state index in [0.29, 0.717) is 10.6 Å². The Balaban J connectivity index is 2.15. The quantitative estimate of drug-likeness (QED) is 0.795. The Kier molecular flexibility index (Phi) is 5.76. The van der Waals surface area contributed by atoms with Gasteiger partial charge in [0, 0.05) is 17.6 Å². The average molecular weight is 368 g/mol. The van der Waals surface area contributed by atoms with Crippen LogP contribution in [0.5, 0.6) is 0 Å². The largest absolute Gasteiger partial charge is 0.321 e. The number of anilines is 1. The number of hydroxylamine groups is 1. The van der Waals surface area contributed by atoms with Crippen molar-refractivity contribution >= 4 is 33.0 Å². The second kappa shape index (κ2) is 7.43. The highest BCUT2D eigenvalue weighted by Crippen LogP contribution is 2.24. The van der Waals surface area contributed by atoms with Gasteiger partial charge in [-0.2, -0.15) is 0 Å². The highest BCUT2D eigenvalue weighted by molar-refractivity contribution is 7.89. The Morgan fingerprint density at radius 2 is 1.92 bits per heavy atom. The first kappa shape index (κ1) is 18.6. The first-order chi connectivity index (χ1) is 11.3. The number of aryl methyl sites for hydroxylation is 2. The molecule has 0 unspecified atom stereocenters. The summed E-state index contributed by atoms with van der Waals surface area (Å²) in [6, 6.07) is 7.82. The van der Waals surface area contributed by atoms with Gasteiger partial charge in [-0.15, -0.1) is 11.3 Å². The molecule has 0 saturated carbocycles. The molecule has 8 heteroatoms. The van der Waals surface area contributed by atoms with Crippen molar-refractivity contribution in [3.63, 3.8) is 0 Å². The molecule has 1 heterocycles. The number of nitrogens with zero attached hydrogens (tertiary/aromatic N) is 1. The molecular weight excluding hydrogens is 348 g/mol. The number of carbonyl (C=O) groups excluding carboxylic acids is 1. The van der Waals surface area contributed by atoms with Crippen molar-refractivity contribution in [2.45, 2.75) is 25.2 Å². The molecule has 0 radical (unpaired) electrons. The summed E-state index contributed by atoms with van der Waals surface area (Å²) in [6.45, 7) is 4.04. The highest BCUT2D eigenvalue weighted by Gasteiger charge is 2.20. The summed E-state index contributed by atoms with van der Waals surface area (Å²) in [5.41, 5.74) is 1.64. The van der Waals surface area contributed by atoms with Crippen LogP contribution in [-0.4, -0.2) is 33.0 Å². The molecule has 2 aromatic rings. The van der Waals surface area contributed by atoms with Crippen LogP contribution < -0.4 is 5.32 Å². The SMILES string of the molecule is CCc1sc(C(=O)Nc2ccc(S(=O)(=O)N(C)OC)cc2)cc1C. The first-order valence-electron chi connectivity index (χ1n) is 7.33. The molecule has 0 fully saturated rings. The van der Waals surface area contributed by atoms with Gasteiger partial charge in [0.2, 0.25) is 0 Å². The van der Waals surface area contributed by atoms with Crippen molar-refractivity contribution in [1.82, 2.24) is 4.47 Å². The van der Waals surface area contributed by atoms with Gasteiger partial charge in [-0.25, -0.2) is 8.42 Å². The van der Waals surface area contributed by atoms with E-state index in [0.717, 1.165) is 16.5 Å². The number of carbonyl (C=O) groups is 1. The van der Waals surface area contributed by atoms with Crippen LogP contribution in [0.25, 0.3) is 0 Å². The second-order valence-corrected chi connectivity index (χ2v) is 8.22. The molecule has 0 aliphatic carbocycles. The van der Waals surface area contributed by atoms with Crippen molar-refractivity contribution in [2.75, 3.05) is 19.5 Å². The minimum atomic E-state index is -3.69. The van der Waals surface area contributed by atoms with Crippen molar-refractivity contribution < 1.29 is 18.0 Å². The van der Waals surface area contributed by atoms with Crippen molar-refractivity contribution in [1.29, 1.82) is 0 Å². The summed E-state index contributed by atoms with van der Waals surface area (Å²) in [5, 5.41) is 2.78. The van der Waals surface area contributed by atoms with E-state index in [4.69, 9.17) is 4.84 Å². The number of hydrogen-bond donors (Lipinski definition) is 1. The number of rotatable bonds is 6. The van der Waals surface area contributed by atoms with Gasteiger partial charge in [0.15, 0.2) is 0 Å². The van der Waals surface area contributed by atoms with Crippen molar-refractivity contribution in [2.24, 2.45) is 0 Å². The van der Waals surface area contributed by atoms with Crippen LogP contribution >= 0.6 is 11.3 Å². The van der Waals surface area contributed by atoms with E-state index >= 15 is 0 Å². The minimum absolute atomic E-state index is 0.0880. The fraction of sp³-hybridized carbons (Fsp3) is 0.312. The molecule has 2 rings (SSSR count). The lowest BCUT2D eigenvalue weighted by atomic mass is 10.2. The third kappa shape index (κ3) is 3.84. The molecule has 1 amide bonds. The lowest BCUT2D eigenvalue weighted by Gasteiger charge is -2.14. The number of benzene rings is 1. The van der Waals surface area contributed by atoms with E-state index in [1.54, 1.807) is 12.1 Å². The molecule has 1 aromatic carbocycles. The van der Waals surface area contributed by atoms with Crippen LogP contribution in [-0.2, 0) is 21.3 Å². The van der Waals surface area contributed by atoms with Gasteiger partial charge >= 0.3 is 0 Å². The summed E-state index contributed by atoms with van der Waals surface area (Å²) >= 11 is 1.47. The van der Waals surface area contributed by atoms with Crippen molar-refractivity contribution in [3.05, 3.63) is 45.6 Å². The third-order valence-corrected chi connectivity index (χ3v) is 6.65. The molecule has 130 valence electrons. The fourth-order valence-corrected chi connectivity index (χ4v) is 4.11. The summed E-state index contributed by atoms with van der Waals surface area (Å²) in [5.74, 6) is -0.201. The van der Waals surface area contributed by atoms with Crippen LogP contribution in [0, 0.1) is 6.92 Å². The zero-order valence-electron chi connectivity index (χ0n) is 14.0. The predicted molar refractivity (Wildman–Crippen MR) is 94.8 cm³/mol. The second-order valence-electron chi connectivity index (χ2n) is 5.15. The van der Waals surface area contributed by atoms with E-state index in [1.807, 2.05) is 13.0 Å². The monoisotopic (exact) mass is 368 g/mol. The molecule has 24 heavy (non-hydrogen) atoms. The van der Waals surface area contributed by atoms with Gasteiger partial charge in [-0.1, -0.05) is 11.4 Å². The van der Waals surface area contributed by atoms with Crippen LogP contribution in [0.2, 0.25) is 0 Å². The molecule has 1 aromatic heterocycles. The van der Waals surface area contributed by atoms with E-state index in [1.165, 1.54) is 42.5 Å². The van der Waals surface area contributed by atoms with Gasteiger partial charge in [0.05, 0.1) is 16.9 Å². The standard InChI is InChI=1S/C16H20N2O4S2/c1-5-14-11(2)10-15(23-14)16(19)17-12-6-8-13(9-7-12)24(20,21)18(3)22-4/h6-10H,5H2,1-4H3,(H,17,19). The van der Waals surface area contributed by atoms with E-state index < -0.39 is 10.0 Å². The molecule has 0 saturated heterocycles. The maximum Gasteiger partial charge on any atom is 0.265 e. The van der Waals surface area contributed by atoms with Crippen LogP contribution in [0.4, 0.5) is 5.69 Å².